The van der Waals surface area contributed by atoms with Crippen LogP contribution < -0.4 is 5.73 Å². The summed E-state index contributed by atoms with van der Waals surface area (Å²) in [6.07, 6.45) is 1.76. The van der Waals surface area contributed by atoms with Crippen LogP contribution in [0.3, 0.4) is 0 Å². The molecule has 0 radical (unpaired) electrons. The summed E-state index contributed by atoms with van der Waals surface area (Å²) >= 11 is 0. The van der Waals surface area contributed by atoms with E-state index in [0.29, 0.717) is 5.76 Å². The van der Waals surface area contributed by atoms with Crippen LogP contribution in [-0.2, 0) is 16.6 Å². The van der Waals surface area contributed by atoms with Crippen LogP contribution in [0.25, 0.3) is 0 Å². The number of benzene rings is 1. The Balaban J connectivity index is 1.95. The number of sulfonamides is 1. The average Bonchev–Trinajstić information content (AvgIpc) is 3.19. The van der Waals surface area contributed by atoms with Crippen molar-refractivity contribution >= 4 is 15.7 Å². The van der Waals surface area contributed by atoms with Crippen molar-refractivity contribution < 1.29 is 12.8 Å². The van der Waals surface area contributed by atoms with Crippen molar-refractivity contribution in [2.75, 3.05) is 5.73 Å². The number of furan rings is 1. The van der Waals surface area contributed by atoms with E-state index in [1.807, 2.05) is 19.1 Å². The van der Waals surface area contributed by atoms with Crippen LogP contribution in [0.5, 0.6) is 0 Å². The molecular weight excluding hydrogens is 288 g/mol. The van der Waals surface area contributed by atoms with Gasteiger partial charge in [0.2, 0.25) is 10.0 Å². The largest absolute Gasteiger partial charge is 0.465 e. The van der Waals surface area contributed by atoms with Gasteiger partial charge in [0, 0.05) is 6.04 Å². The lowest BCUT2D eigenvalue weighted by atomic mass is 10.3. The maximum absolute atomic E-state index is 12.9. The van der Waals surface area contributed by atoms with Crippen LogP contribution in [0, 0.1) is 6.92 Å². The van der Waals surface area contributed by atoms with Gasteiger partial charge in [0.15, 0.2) is 0 Å². The minimum Gasteiger partial charge on any atom is -0.465 e. The van der Waals surface area contributed by atoms with Gasteiger partial charge in [-0.15, -0.1) is 0 Å². The summed E-state index contributed by atoms with van der Waals surface area (Å²) < 4.78 is 32.7. The highest BCUT2D eigenvalue weighted by molar-refractivity contribution is 7.89. The standard InChI is InChI=1S/C15H18N2O3S/c1-11-6-9-13(20-11)10-17(12-7-8-12)21(18,19)15-5-3-2-4-14(15)16/h2-6,9,12H,7-8,10,16H2,1H3. The molecule has 0 bridgehead atoms. The first-order chi connectivity index (χ1) is 9.98. The number of para-hydroxylation sites is 1. The highest BCUT2D eigenvalue weighted by Crippen LogP contribution is 2.35. The first-order valence-corrected chi connectivity index (χ1v) is 8.34. The Bertz CT molecular complexity index is 748. The highest BCUT2D eigenvalue weighted by Gasteiger charge is 2.39. The quantitative estimate of drug-likeness (QED) is 0.861. The predicted molar refractivity (Wildman–Crippen MR) is 80.1 cm³/mol. The van der Waals surface area contributed by atoms with E-state index in [1.54, 1.807) is 24.3 Å². The smallest absolute Gasteiger partial charge is 0.245 e. The molecule has 112 valence electrons. The van der Waals surface area contributed by atoms with Crippen LogP contribution in [0.1, 0.15) is 24.4 Å². The van der Waals surface area contributed by atoms with E-state index in [9.17, 15) is 8.42 Å². The molecule has 1 aliphatic rings. The van der Waals surface area contributed by atoms with Gasteiger partial charge in [0.1, 0.15) is 16.4 Å². The number of anilines is 1. The summed E-state index contributed by atoms with van der Waals surface area (Å²) in [5.74, 6) is 1.43. The molecule has 0 aliphatic heterocycles. The Hall–Kier alpha value is -1.79. The third kappa shape index (κ3) is 2.82. The van der Waals surface area contributed by atoms with Gasteiger partial charge in [-0.3, -0.25) is 0 Å². The highest BCUT2D eigenvalue weighted by atomic mass is 32.2. The second-order valence-electron chi connectivity index (χ2n) is 5.33. The third-order valence-electron chi connectivity index (χ3n) is 3.57. The number of hydrogen-bond acceptors (Lipinski definition) is 4. The minimum absolute atomic E-state index is 0.0417. The van der Waals surface area contributed by atoms with E-state index in [2.05, 4.69) is 0 Å². The Kier molecular flexibility index (Phi) is 3.51. The molecule has 21 heavy (non-hydrogen) atoms. The first-order valence-electron chi connectivity index (χ1n) is 6.90. The molecule has 5 nitrogen and oxygen atoms in total. The Morgan fingerprint density at radius 3 is 2.52 bits per heavy atom. The zero-order valence-electron chi connectivity index (χ0n) is 11.8. The average molecular weight is 306 g/mol. The lowest BCUT2D eigenvalue weighted by Crippen LogP contribution is -2.33. The van der Waals surface area contributed by atoms with Crippen LogP contribution in [-0.4, -0.2) is 18.8 Å². The van der Waals surface area contributed by atoms with Crippen LogP contribution in [0.4, 0.5) is 5.69 Å². The van der Waals surface area contributed by atoms with Gasteiger partial charge in [0.05, 0.1) is 12.2 Å². The van der Waals surface area contributed by atoms with Crippen molar-refractivity contribution in [1.29, 1.82) is 0 Å². The third-order valence-corrected chi connectivity index (χ3v) is 5.54. The molecule has 1 aromatic heterocycles. The summed E-state index contributed by atoms with van der Waals surface area (Å²) in [6.45, 7) is 2.09. The molecule has 1 aliphatic carbocycles. The van der Waals surface area contributed by atoms with Crippen molar-refractivity contribution in [2.45, 2.75) is 37.2 Å². The van der Waals surface area contributed by atoms with Crippen molar-refractivity contribution in [3.8, 4) is 0 Å². The maximum Gasteiger partial charge on any atom is 0.245 e. The van der Waals surface area contributed by atoms with Gasteiger partial charge in [-0.2, -0.15) is 4.31 Å². The maximum atomic E-state index is 12.9. The summed E-state index contributed by atoms with van der Waals surface area (Å²) in [5.41, 5.74) is 6.11. The van der Waals surface area contributed by atoms with E-state index >= 15 is 0 Å². The van der Waals surface area contributed by atoms with E-state index in [1.165, 1.54) is 4.31 Å². The number of rotatable bonds is 5. The fraction of sp³-hybridized carbons (Fsp3) is 0.333. The van der Waals surface area contributed by atoms with Gasteiger partial charge in [-0.05, 0) is 44.0 Å². The van der Waals surface area contributed by atoms with Gasteiger partial charge in [0.25, 0.3) is 0 Å². The lowest BCUT2D eigenvalue weighted by molar-refractivity contribution is 0.352. The summed E-state index contributed by atoms with van der Waals surface area (Å²) in [5, 5.41) is 0. The number of hydrogen-bond donors (Lipinski definition) is 1. The molecule has 0 atom stereocenters. The van der Waals surface area contributed by atoms with E-state index in [-0.39, 0.29) is 23.2 Å². The molecule has 1 aromatic carbocycles. The van der Waals surface area contributed by atoms with Gasteiger partial charge < -0.3 is 10.2 Å². The molecule has 6 heteroatoms. The molecule has 1 fully saturated rings. The van der Waals surface area contributed by atoms with Crippen LogP contribution in [0.2, 0.25) is 0 Å². The lowest BCUT2D eigenvalue weighted by Gasteiger charge is -2.21. The number of nitrogens with two attached hydrogens (primary N) is 1. The monoisotopic (exact) mass is 306 g/mol. The number of aryl methyl sites for hydroxylation is 1. The molecule has 0 saturated heterocycles. The van der Waals surface area contributed by atoms with Gasteiger partial charge in [-0.25, -0.2) is 8.42 Å². The van der Waals surface area contributed by atoms with E-state index in [0.717, 1.165) is 18.6 Å². The molecule has 2 aromatic rings. The van der Waals surface area contributed by atoms with E-state index in [4.69, 9.17) is 10.2 Å². The first kappa shape index (κ1) is 14.2. The van der Waals surface area contributed by atoms with Gasteiger partial charge >= 0.3 is 0 Å². The Morgan fingerprint density at radius 2 is 1.95 bits per heavy atom. The number of nitrogens with zero attached hydrogens (tertiary/aromatic N) is 1. The normalized spacial score (nSPS) is 15.5. The minimum atomic E-state index is -3.61. The molecule has 1 saturated carbocycles. The molecule has 3 rings (SSSR count). The molecule has 1 heterocycles. The van der Waals surface area contributed by atoms with E-state index < -0.39 is 10.0 Å². The zero-order valence-corrected chi connectivity index (χ0v) is 12.6. The second-order valence-corrected chi connectivity index (χ2v) is 7.19. The van der Waals surface area contributed by atoms with Crippen molar-refractivity contribution in [3.05, 3.63) is 47.9 Å². The molecule has 2 N–H and O–H groups in total. The molecule has 0 amide bonds. The molecular formula is C15H18N2O3S. The van der Waals surface area contributed by atoms with Crippen molar-refractivity contribution in [1.82, 2.24) is 4.31 Å². The SMILES string of the molecule is Cc1ccc(CN(C2CC2)S(=O)(=O)c2ccccc2N)o1. The second kappa shape index (κ2) is 5.20. The van der Waals surface area contributed by atoms with Crippen molar-refractivity contribution in [2.24, 2.45) is 0 Å². The fourth-order valence-corrected chi connectivity index (χ4v) is 4.11. The van der Waals surface area contributed by atoms with Crippen LogP contribution in [0.15, 0.2) is 45.7 Å². The summed E-state index contributed by atoms with van der Waals surface area (Å²) in [6, 6.07) is 10.3. The topological polar surface area (TPSA) is 76.5 Å². The fourth-order valence-electron chi connectivity index (χ4n) is 2.34. The Morgan fingerprint density at radius 1 is 1.24 bits per heavy atom. The zero-order chi connectivity index (χ0) is 15.0. The molecule has 0 spiro atoms. The number of nitrogen functional groups attached to an aromatic ring is 1. The van der Waals surface area contributed by atoms with Crippen molar-refractivity contribution in [3.63, 3.8) is 0 Å². The molecule has 0 unspecified atom stereocenters. The Labute approximate surface area is 124 Å². The van der Waals surface area contributed by atoms with Crippen LogP contribution >= 0.6 is 0 Å². The summed E-state index contributed by atoms with van der Waals surface area (Å²) in [7, 11) is -3.61. The summed E-state index contributed by atoms with van der Waals surface area (Å²) in [4.78, 5) is 0.167. The van der Waals surface area contributed by atoms with Gasteiger partial charge in [-0.1, -0.05) is 12.1 Å². The predicted octanol–water partition coefficient (Wildman–Crippen LogP) is 2.52.